The third-order valence-electron chi connectivity index (χ3n) is 5.58. The second kappa shape index (κ2) is 7.71. The zero-order chi connectivity index (χ0) is 18.0. The minimum absolute atomic E-state index is 0.251. The molecule has 4 heteroatoms. The number of aryl methyl sites for hydroxylation is 1. The number of nitrogens with zero attached hydrogens (tertiary/aromatic N) is 2. The highest BCUT2D eigenvalue weighted by atomic mass is 16.4. The number of likely N-dealkylation sites (tertiary alicyclic amines) is 1. The second-order valence-electron chi connectivity index (χ2n) is 7.55. The summed E-state index contributed by atoms with van der Waals surface area (Å²) in [5.74, 6) is 0. The minimum atomic E-state index is -0.251. The van der Waals surface area contributed by atoms with Gasteiger partial charge >= 0.3 is 5.63 Å². The van der Waals surface area contributed by atoms with Crippen molar-refractivity contribution in [3.05, 3.63) is 45.8 Å². The molecule has 0 atom stereocenters. The average molecular weight is 342 g/mol. The van der Waals surface area contributed by atoms with Crippen LogP contribution in [0, 0.1) is 0 Å². The lowest BCUT2D eigenvalue weighted by atomic mass is 10.0. The Morgan fingerprint density at radius 2 is 1.96 bits per heavy atom. The van der Waals surface area contributed by atoms with Gasteiger partial charge in [-0.1, -0.05) is 19.1 Å². The van der Waals surface area contributed by atoms with Gasteiger partial charge in [-0.3, -0.25) is 4.90 Å². The zero-order valence-electron chi connectivity index (χ0n) is 15.9. The van der Waals surface area contributed by atoms with Gasteiger partial charge in [-0.2, -0.15) is 0 Å². The van der Waals surface area contributed by atoms with Gasteiger partial charge in [0.05, 0.1) is 0 Å². The molecule has 0 amide bonds. The van der Waals surface area contributed by atoms with Crippen LogP contribution in [-0.4, -0.2) is 42.0 Å². The predicted octanol–water partition coefficient (Wildman–Crippen LogP) is 3.66. The van der Waals surface area contributed by atoms with Gasteiger partial charge in [0.1, 0.15) is 5.58 Å². The first-order valence-electron chi connectivity index (χ1n) is 9.48. The normalized spacial score (nSPS) is 17.0. The summed E-state index contributed by atoms with van der Waals surface area (Å²) in [6, 6.07) is 9.10. The molecule has 2 heterocycles. The molecule has 0 bridgehead atoms. The summed E-state index contributed by atoms with van der Waals surface area (Å²) in [4.78, 5) is 16.9. The molecule has 0 spiro atoms. The van der Waals surface area contributed by atoms with E-state index >= 15 is 0 Å². The van der Waals surface area contributed by atoms with E-state index in [2.05, 4.69) is 49.8 Å². The maximum atomic E-state index is 12.0. The predicted molar refractivity (Wildman–Crippen MR) is 103 cm³/mol. The third kappa shape index (κ3) is 4.13. The molecule has 3 rings (SSSR count). The molecule has 25 heavy (non-hydrogen) atoms. The molecule has 2 aromatic rings. The van der Waals surface area contributed by atoms with E-state index in [-0.39, 0.29) is 5.63 Å². The van der Waals surface area contributed by atoms with E-state index in [0.29, 0.717) is 17.7 Å². The van der Waals surface area contributed by atoms with Gasteiger partial charge in [0.15, 0.2) is 0 Å². The highest BCUT2D eigenvalue weighted by molar-refractivity contribution is 5.80. The summed E-state index contributed by atoms with van der Waals surface area (Å²) in [6.07, 6.45) is 3.32. The molecule has 1 aliphatic rings. The molecule has 1 aromatic heterocycles. The monoisotopic (exact) mass is 342 g/mol. The number of fused-ring (bicyclic) bond motifs is 1. The van der Waals surface area contributed by atoms with Crippen molar-refractivity contribution in [2.24, 2.45) is 0 Å². The van der Waals surface area contributed by atoms with Crippen LogP contribution in [0.5, 0.6) is 0 Å². The molecule has 1 aliphatic heterocycles. The Balaban J connectivity index is 1.77. The first-order chi connectivity index (χ1) is 12.0. The minimum Gasteiger partial charge on any atom is -0.423 e. The Labute approximate surface area is 150 Å². The summed E-state index contributed by atoms with van der Waals surface area (Å²) in [5, 5.41) is 1.06. The van der Waals surface area contributed by atoms with Gasteiger partial charge in [-0.15, -0.1) is 0 Å². The van der Waals surface area contributed by atoms with Crippen LogP contribution in [0.3, 0.4) is 0 Å². The summed E-state index contributed by atoms with van der Waals surface area (Å²) < 4.78 is 5.43. The van der Waals surface area contributed by atoms with E-state index in [1.807, 2.05) is 6.07 Å². The van der Waals surface area contributed by atoms with Crippen molar-refractivity contribution in [2.45, 2.75) is 58.7 Å². The van der Waals surface area contributed by atoms with Gasteiger partial charge in [0.25, 0.3) is 0 Å². The lowest BCUT2D eigenvalue weighted by Gasteiger charge is -2.38. The van der Waals surface area contributed by atoms with Crippen LogP contribution >= 0.6 is 0 Å². The fraction of sp³-hybridized carbons (Fsp3) is 0.571. The number of benzene rings is 1. The van der Waals surface area contributed by atoms with E-state index in [9.17, 15) is 4.79 Å². The van der Waals surface area contributed by atoms with Crippen molar-refractivity contribution in [3.8, 4) is 0 Å². The van der Waals surface area contributed by atoms with Crippen molar-refractivity contribution in [1.29, 1.82) is 0 Å². The molecule has 0 N–H and O–H groups in total. The van der Waals surface area contributed by atoms with E-state index in [1.54, 1.807) is 6.07 Å². The molecule has 0 aliphatic carbocycles. The maximum absolute atomic E-state index is 12.0. The topological polar surface area (TPSA) is 36.7 Å². The quantitative estimate of drug-likeness (QED) is 0.777. The summed E-state index contributed by atoms with van der Waals surface area (Å²) in [7, 11) is 2.18. The van der Waals surface area contributed by atoms with Crippen LogP contribution < -0.4 is 5.63 Å². The summed E-state index contributed by atoms with van der Waals surface area (Å²) >= 11 is 0. The Morgan fingerprint density at radius 3 is 2.60 bits per heavy atom. The highest BCUT2D eigenvalue weighted by Gasteiger charge is 2.24. The van der Waals surface area contributed by atoms with Gasteiger partial charge in [0.2, 0.25) is 0 Å². The van der Waals surface area contributed by atoms with Crippen LogP contribution in [-0.2, 0) is 13.0 Å². The first kappa shape index (κ1) is 18.2. The molecule has 4 nitrogen and oxygen atoms in total. The van der Waals surface area contributed by atoms with Crippen LogP contribution in [0.1, 0.15) is 44.7 Å². The van der Waals surface area contributed by atoms with Crippen molar-refractivity contribution in [3.63, 3.8) is 0 Å². The zero-order valence-corrected chi connectivity index (χ0v) is 15.9. The van der Waals surface area contributed by atoms with Crippen LogP contribution in [0.2, 0.25) is 0 Å². The van der Waals surface area contributed by atoms with E-state index < -0.39 is 0 Å². The van der Waals surface area contributed by atoms with E-state index in [0.717, 1.165) is 37.0 Å². The Bertz CT molecular complexity index is 773. The van der Waals surface area contributed by atoms with E-state index in [1.165, 1.54) is 18.4 Å². The molecule has 1 aromatic carbocycles. The molecule has 0 unspecified atom stereocenters. The first-order valence-corrected chi connectivity index (χ1v) is 9.48. The van der Waals surface area contributed by atoms with Crippen LogP contribution in [0.15, 0.2) is 33.5 Å². The fourth-order valence-electron chi connectivity index (χ4n) is 3.87. The van der Waals surface area contributed by atoms with E-state index in [4.69, 9.17) is 4.42 Å². The van der Waals surface area contributed by atoms with Crippen LogP contribution in [0.25, 0.3) is 11.0 Å². The average Bonchev–Trinajstić information content (AvgIpc) is 2.61. The largest absolute Gasteiger partial charge is 0.423 e. The molecule has 0 radical (unpaired) electrons. The summed E-state index contributed by atoms with van der Waals surface area (Å²) in [6.45, 7) is 9.75. The molecule has 1 fully saturated rings. The molecular formula is C21H30N2O2. The molecular weight excluding hydrogens is 312 g/mol. The third-order valence-corrected chi connectivity index (χ3v) is 5.58. The Hall–Kier alpha value is -1.65. The Morgan fingerprint density at radius 1 is 1.24 bits per heavy atom. The van der Waals surface area contributed by atoms with Crippen molar-refractivity contribution in [2.75, 3.05) is 20.1 Å². The molecule has 1 saturated heterocycles. The molecule has 0 saturated carbocycles. The van der Waals surface area contributed by atoms with Gasteiger partial charge in [-0.25, -0.2) is 4.79 Å². The van der Waals surface area contributed by atoms with Crippen molar-refractivity contribution in [1.82, 2.24) is 9.80 Å². The SMILES string of the molecule is CCc1ccc2c(CN(C)C3CCN(C(C)C)CC3)cc(=O)oc2c1. The lowest BCUT2D eigenvalue weighted by Crippen LogP contribution is -2.45. The maximum Gasteiger partial charge on any atom is 0.336 e. The van der Waals surface area contributed by atoms with Gasteiger partial charge in [0, 0.05) is 30.1 Å². The highest BCUT2D eigenvalue weighted by Crippen LogP contribution is 2.23. The lowest BCUT2D eigenvalue weighted by molar-refractivity contribution is 0.104. The Kier molecular flexibility index (Phi) is 5.60. The molecule has 136 valence electrons. The number of hydrogen-bond donors (Lipinski definition) is 0. The van der Waals surface area contributed by atoms with Gasteiger partial charge in [-0.05, 0) is 70.4 Å². The van der Waals surface area contributed by atoms with Crippen LogP contribution in [0.4, 0.5) is 0 Å². The number of piperidine rings is 1. The van der Waals surface area contributed by atoms with Crippen molar-refractivity contribution < 1.29 is 4.42 Å². The number of hydrogen-bond acceptors (Lipinski definition) is 4. The second-order valence-corrected chi connectivity index (χ2v) is 7.55. The standard InChI is InChI=1S/C21H30N2O2/c1-5-16-6-7-19-17(13-21(24)25-20(19)12-16)14-22(4)18-8-10-23(11-9-18)15(2)3/h6-7,12-13,15,18H,5,8-11,14H2,1-4H3. The summed E-state index contributed by atoms with van der Waals surface area (Å²) in [5.41, 5.74) is 2.73. The smallest absolute Gasteiger partial charge is 0.336 e. The van der Waals surface area contributed by atoms with Crippen molar-refractivity contribution >= 4 is 11.0 Å². The van der Waals surface area contributed by atoms with Gasteiger partial charge < -0.3 is 9.32 Å². The fourth-order valence-corrected chi connectivity index (χ4v) is 3.87. The number of rotatable bonds is 5.